The van der Waals surface area contributed by atoms with Crippen LogP contribution in [-0.4, -0.2) is 41.8 Å². The molecule has 0 bridgehead atoms. The summed E-state index contributed by atoms with van der Waals surface area (Å²) in [5, 5.41) is 0. The van der Waals surface area contributed by atoms with Crippen LogP contribution in [0.2, 0.25) is 0 Å². The monoisotopic (exact) mass is 324 g/mol. The lowest BCUT2D eigenvalue weighted by molar-refractivity contribution is -0.138. The van der Waals surface area contributed by atoms with Crippen LogP contribution in [-0.2, 0) is 22.6 Å². The lowest BCUT2D eigenvalue weighted by atomic mass is 10.1. The Bertz CT molecular complexity index is 656. The van der Waals surface area contributed by atoms with Gasteiger partial charge in [-0.2, -0.15) is 0 Å². The van der Waals surface area contributed by atoms with Gasteiger partial charge in [-0.05, 0) is 17.5 Å². The van der Waals surface area contributed by atoms with Gasteiger partial charge in [0, 0.05) is 27.1 Å². The second-order valence-corrected chi connectivity index (χ2v) is 5.91. The Balaban J connectivity index is 1.89. The van der Waals surface area contributed by atoms with Crippen molar-refractivity contribution in [3.63, 3.8) is 0 Å². The molecule has 0 N–H and O–H groups in total. The normalized spacial score (nSPS) is 10.2. The maximum absolute atomic E-state index is 12.4. The first-order valence-electron chi connectivity index (χ1n) is 8.13. The molecule has 0 saturated heterocycles. The Morgan fingerprint density at radius 2 is 1.42 bits per heavy atom. The molecule has 0 fully saturated rings. The molecule has 2 aromatic rings. The highest BCUT2D eigenvalue weighted by Gasteiger charge is 2.16. The van der Waals surface area contributed by atoms with Crippen LogP contribution in [0.3, 0.4) is 0 Å². The maximum atomic E-state index is 12.4. The Morgan fingerprint density at radius 3 is 1.96 bits per heavy atom. The average Bonchev–Trinajstić information content (AvgIpc) is 2.59. The fourth-order valence-corrected chi connectivity index (χ4v) is 2.49. The van der Waals surface area contributed by atoms with Gasteiger partial charge in [0.25, 0.3) is 0 Å². The van der Waals surface area contributed by atoms with E-state index in [4.69, 9.17) is 0 Å². The Hall–Kier alpha value is -2.62. The second kappa shape index (κ2) is 8.87. The summed E-state index contributed by atoms with van der Waals surface area (Å²) in [6, 6.07) is 19.8. The van der Waals surface area contributed by atoms with Crippen LogP contribution in [0.1, 0.15) is 18.1 Å². The highest BCUT2D eigenvalue weighted by molar-refractivity contribution is 5.83. The van der Waals surface area contributed by atoms with Crippen LogP contribution in [0.25, 0.3) is 0 Å². The first-order chi connectivity index (χ1) is 11.6. The van der Waals surface area contributed by atoms with E-state index in [1.165, 1.54) is 6.92 Å². The van der Waals surface area contributed by atoms with E-state index in [1.54, 1.807) is 16.8 Å². The quantitative estimate of drug-likeness (QED) is 0.786. The molecule has 0 aliphatic heterocycles. The first kappa shape index (κ1) is 17.7. The summed E-state index contributed by atoms with van der Waals surface area (Å²) in [7, 11) is 1.77. The van der Waals surface area contributed by atoms with Gasteiger partial charge >= 0.3 is 0 Å². The van der Waals surface area contributed by atoms with E-state index < -0.39 is 0 Å². The van der Waals surface area contributed by atoms with Crippen LogP contribution < -0.4 is 0 Å². The lowest BCUT2D eigenvalue weighted by Gasteiger charge is -2.24. The third kappa shape index (κ3) is 5.54. The smallest absolute Gasteiger partial charge is 0.242 e. The second-order valence-electron chi connectivity index (χ2n) is 5.91. The molecule has 2 amide bonds. The van der Waals surface area contributed by atoms with E-state index in [1.807, 2.05) is 60.7 Å². The lowest BCUT2D eigenvalue weighted by Crippen LogP contribution is -2.41. The summed E-state index contributed by atoms with van der Waals surface area (Å²) in [6.07, 6.45) is 0.746. The molecule has 0 saturated carbocycles. The first-order valence-corrected chi connectivity index (χ1v) is 8.13. The molecule has 2 aromatic carbocycles. The van der Waals surface area contributed by atoms with E-state index in [2.05, 4.69) is 0 Å². The third-order valence-electron chi connectivity index (χ3n) is 3.97. The highest BCUT2D eigenvalue weighted by Crippen LogP contribution is 2.05. The average molecular weight is 324 g/mol. The van der Waals surface area contributed by atoms with Gasteiger partial charge in [-0.15, -0.1) is 0 Å². The van der Waals surface area contributed by atoms with E-state index in [9.17, 15) is 9.59 Å². The van der Waals surface area contributed by atoms with Gasteiger partial charge in [-0.25, -0.2) is 0 Å². The number of benzene rings is 2. The summed E-state index contributed by atoms with van der Waals surface area (Å²) in [6.45, 7) is 2.72. The molecular weight excluding hydrogens is 300 g/mol. The molecule has 0 aliphatic carbocycles. The molecule has 0 spiro atoms. The molecule has 126 valence electrons. The Morgan fingerprint density at radius 1 is 0.875 bits per heavy atom. The van der Waals surface area contributed by atoms with Crippen molar-refractivity contribution >= 4 is 11.8 Å². The van der Waals surface area contributed by atoms with Crippen LogP contribution in [0.15, 0.2) is 60.7 Å². The summed E-state index contributed by atoms with van der Waals surface area (Å²) in [5.74, 6) is -0.130. The van der Waals surface area contributed by atoms with E-state index in [0.29, 0.717) is 13.1 Å². The zero-order chi connectivity index (χ0) is 17.4. The van der Waals surface area contributed by atoms with Gasteiger partial charge in [0.2, 0.25) is 11.8 Å². The SMILES string of the molecule is CC(=O)N(CCc1ccccc1)CC(=O)N(C)Cc1ccccc1. The largest absolute Gasteiger partial charge is 0.340 e. The molecule has 0 heterocycles. The number of amides is 2. The number of carbonyl (C=O) groups excluding carboxylic acids is 2. The molecule has 2 rings (SSSR count). The zero-order valence-corrected chi connectivity index (χ0v) is 14.3. The minimum Gasteiger partial charge on any atom is -0.340 e. The van der Waals surface area contributed by atoms with Gasteiger partial charge in [0.1, 0.15) is 0 Å². The van der Waals surface area contributed by atoms with Crippen LogP contribution in [0.5, 0.6) is 0 Å². The summed E-state index contributed by atoms with van der Waals surface area (Å²) in [5.41, 5.74) is 2.24. The van der Waals surface area contributed by atoms with Crippen molar-refractivity contribution in [2.45, 2.75) is 19.9 Å². The molecule has 0 aliphatic rings. The minimum absolute atomic E-state index is 0.0536. The molecule has 4 nitrogen and oxygen atoms in total. The van der Waals surface area contributed by atoms with Crippen molar-refractivity contribution in [3.05, 3.63) is 71.8 Å². The molecule has 4 heteroatoms. The van der Waals surface area contributed by atoms with Crippen molar-refractivity contribution in [1.29, 1.82) is 0 Å². The van der Waals surface area contributed by atoms with E-state index in [0.717, 1.165) is 17.5 Å². The Labute approximate surface area is 143 Å². The van der Waals surface area contributed by atoms with Crippen LogP contribution in [0, 0.1) is 0 Å². The van der Waals surface area contributed by atoms with Gasteiger partial charge in [-0.1, -0.05) is 60.7 Å². The van der Waals surface area contributed by atoms with E-state index >= 15 is 0 Å². The van der Waals surface area contributed by atoms with Crippen LogP contribution >= 0.6 is 0 Å². The minimum atomic E-state index is -0.0765. The molecule has 0 radical (unpaired) electrons. The number of nitrogens with zero attached hydrogens (tertiary/aromatic N) is 2. The van der Waals surface area contributed by atoms with Crippen molar-refractivity contribution in [2.24, 2.45) is 0 Å². The molecule has 24 heavy (non-hydrogen) atoms. The number of rotatable bonds is 7. The Kier molecular flexibility index (Phi) is 6.55. The number of carbonyl (C=O) groups is 2. The molecular formula is C20H24N2O2. The van der Waals surface area contributed by atoms with Gasteiger partial charge < -0.3 is 9.80 Å². The predicted octanol–water partition coefficient (Wildman–Crippen LogP) is 2.74. The molecule has 0 unspecified atom stereocenters. The molecule has 0 atom stereocenters. The topological polar surface area (TPSA) is 40.6 Å². The van der Waals surface area contributed by atoms with Crippen LogP contribution in [0.4, 0.5) is 0 Å². The van der Waals surface area contributed by atoms with Crippen molar-refractivity contribution in [1.82, 2.24) is 9.80 Å². The van der Waals surface area contributed by atoms with Crippen molar-refractivity contribution in [2.75, 3.05) is 20.1 Å². The standard InChI is InChI=1S/C20H24N2O2/c1-17(23)22(14-13-18-9-5-3-6-10-18)16-20(24)21(2)15-19-11-7-4-8-12-19/h3-12H,13-16H2,1-2H3. The van der Waals surface area contributed by atoms with Gasteiger partial charge in [0.15, 0.2) is 0 Å². The van der Waals surface area contributed by atoms with Crippen molar-refractivity contribution < 1.29 is 9.59 Å². The van der Waals surface area contributed by atoms with Gasteiger partial charge in [-0.3, -0.25) is 9.59 Å². The summed E-state index contributed by atoms with van der Waals surface area (Å²) < 4.78 is 0. The number of hydrogen-bond acceptors (Lipinski definition) is 2. The predicted molar refractivity (Wildman–Crippen MR) is 95.3 cm³/mol. The van der Waals surface area contributed by atoms with Crippen molar-refractivity contribution in [3.8, 4) is 0 Å². The number of likely N-dealkylation sites (N-methyl/N-ethyl adjacent to an activating group) is 1. The van der Waals surface area contributed by atoms with E-state index in [-0.39, 0.29) is 18.4 Å². The fraction of sp³-hybridized carbons (Fsp3) is 0.300. The summed E-state index contributed by atoms with van der Waals surface area (Å²) in [4.78, 5) is 27.5. The number of hydrogen-bond donors (Lipinski definition) is 0. The highest BCUT2D eigenvalue weighted by atomic mass is 16.2. The summed E-state index contributed by atoms with van der Waals surface area (Å²) >= 11 is 0. The maximum Gasteiger partial charge on any atom is 0.242 e. The zero-order valence-electron chi connectivity index (χ0n) is 14.3. The third-order valence-corrected chi connectivity index (χ3v) is 3.97. The molecule has 0 aromatic heterocycles. The van der Waals surface area contributed by atoms with Gasteiger partial charge in [0.05, 0.1) is 6.54 Å². The fourth-order valence-electron chi connectivity index (χ4n) is 2.49.